The Bertz CT molecular complexity index is 1150. The molecule has 0 aliphatic carbocycles. The number of aryl methyl sites for hydroxylation is 1. The van der Waals surface area contributed by atoms with E-state index in [0.29, 0.717) is 36.9 Å². The lowest BCUT2D eigenvalue weighted by molar-refractivity contribution is -0.127. The Kier molecular flexibility index (Phi) is 6.98. The van der Waals surface area contributed by atoms with Crippen molar-refractivity contribution in [3.05, 3.63) is 71.6 Å². The fourth-order valence-corrected chi connectivity index (χ4v) is 3.83. The molecule has 33 heavy (non-hydrogen) atoms. The molecule has 4 rings (SSSR count). The molecule has 0 radical (unpaired) electrons. The number of aromatic nitrogens is 2. The van der Waals surface area contributed by atoms with Gasteiger partial charge < -0.3 is 14.7 Å². The van der Waals surface area contributed by atoms with Crippen molar-refractivity contribution in [1.82, 2.24) is 15.0 Å². The van der Waals surface area contributed by atoms with Gasteiger partial charge in [0, 0.05) is 36.8 Å². The van der Waals surface area contributed by atoms with Gasteiger partial charge in [0.2, 0.25) is 23.5 Å². The minimum atomic E-state index is -0.0515. The van der Waals surface area contributed by atoms with Crippen molar-refractivity contribution in [2.75, 3.05) is 18.4 Å². The minimum absolute atomic E-state index is 0.000276. The highest BCUT2D eigenvalue weighted by Crippen LogP contribution is 2.28. The van der Waals surface area contributed by atoms with Crippen LogP contribution >= 0.6 is 0 Å². The van der Waals surface area contributed by atoms with Crippen LogP contribution in [0, 0.1) is 6.92 Å². The third-order valence-electron chi connectivity index (χ3n) is 5.75. The molecule has 1 aliphatic rings. The second kappa shape index (κ2) is 10.3. The van der Waals surface area contributed by atoms with Crippen molar-refractivity contribution < 1.29 is 14.1 Å². The molecule has 0 saturated carbocycles. The Morgan fingerprint density at radius 1 is 1.21 bits per heavy atom. The number of likely N-dealkylation sites (tertiary alicyclic amines) is 1. The number of benzene rings is 2. The number of hydrogen-bond donors (Lipinski definition) is 1. The van der Waals surface area contributed by atoms with Gasteiger partial charge in [-0.1, -0.05) is 54.0 Å². The summed E-state index contributed by atoms with van der Waals surface area (Å²) in [5, 5.41) is 6.98. The normalized spacial score (nSPS) is 16.2. The molecular formula is C26H28N4O3. The second-order valence-corrected chi connectivity index (χ2v) is 8.31. The molecule has 2 amide bonds. The molecule has 7 nitrogen and oxygen atoms in total. The fraction of sp³-hybridized carbons (Fsp3) is 0.308. The first-order valence-electron chi connectivity index (χ1n) is 11.3. The highest BCUT2D eigenvalue weighted by Gasteiger charge is 2.28. The molecule has 3 aromatic rings. The van der Waals surface area contributed by atoms with Gasteiger partial charge in [-0.05, 0) is 43.5 Å². The second-order valence-electron chi connectivity index (χ2n) is 8.31. The zero-order chi connectivity index (χ0) is 23.2. The van der Waals surface area contributed by atoms with E-state index in [1.54, 1.807) is 13.0 Å². The molecular weight excluding hydrogens is 416 g/mol. The van der Waals surface area contributed by atoms with Crippen molar-refractivity contribution in [3.8, 4) is 11.4 Å². The summed E-state index contributed by atoms with van der Waals surface area (Å²) in [6.45, 7) is 5.11. The number of hydrogen-bond acceptors (Lipinski definition) is 5. The van der Waals surface area contributed by atoms with E-state index >= 15 is 0 Å². The highest BCUT2D eigenvalue weighted by atomic mass is 16.5. The third-order valence-corrected chi connectivity index (χ3v) is 5.75. The molecule has 1 fully saturated rings. The number of nitrogens with zero attached hydrogens (tertiary/aromatic N) is 3. The number of nitrogens with one attached hydrogen (secondary N) is 1. The maximum absolute atomic E-state index is 12.7. The van der Waals surface area contributed by atoms with Gasteiger partial charge in [-0.3, -0.25) is 9.59 Å². The van der Waals surface area contributed by atoms with Gasteiger partial charge >= 0.3 is 0 Å². The molecule has 1 aromatic heterocycles. The molecule has 0 bridgehead atoms. The number of carbonyl (C=O) groups excluding carboxylic acids is 2. The minimum Gasteiger partial charge on any atom is -0.339 e. The summed E-state index contributed by atoms with van der Waals surface area (Å²) in [6.07, 6.45) is 5.65. The summed E-state index contributed by atoms with van der Waals surface area (Å²) in [4.78, 5) is 30.8. The number of rotatable bonds is 6. The lowest BCUT2D eigenvalue weighted by atomic mass is 9.98. The molecule has 1 saturated heterocycles. The number of anilines is 1. The Morgan fingerprint density at radius 2 is 2.03 bits per heavy atom. The van der Waals surface area contributed by atoms with Gasteiger partial charge in [0.25, 0.3) is 0 Å². The predicted octanol–water partition coefficient (Wildman–Crippen LogP) is 4.81. The third kappa shape index (κ3) is 5.74. The molecule has 2 aromatic carbocycles. The lowest BCUT2D eigenvalue weighted by Crippen LogP contribution is -2.38. The first-order chi connectivity index (χ1) is 16.0. The van der Waals surface area contributed by atoms with Gasteiger partial charge in [0.15, 0.2) is 0 Å². The van der Waals surface area contributed by atoms with Gasteiger partial charge in [-0.2, -0.15) is 4.98 Å². The summed E-state index contributed by atoms with van der Waals surface area (Å²) < 4.78 is 5.56. The SMILES string of the molecule is CCC(=O)Nc1cccc(-c2noc(C3CCCN(C(=O)/C=C/c4ccc(C)cc4)C3)n2)c1. The van der Waals surface area contributed by atoms with E-state index in [4.69, 9.17) is 4.52 Å². The molecule has 0 spiro atoms. The highest BCUT2D eigenvalue weighted by molar-refractivity contribution is 5.92. The van der Waals surface area contributed by atoms with Crippen LogP contribution in [0.5, 0.6) is 0 Å². The van der Waals surface area contributed by atoms with Crippen LogP contribution in [0.25, 0.3) is 17.5 Å². The van der Waals surface area contributed by atoms with E-state index in [-0.39, 0.29) is 17.7 Å². The van der Waals surface area contributed by atoms with Crippen molar-refractivity contribution in [2.24, 2.45) is 0 Å². The Labute approximate surface area is 193 Å². The first-order valence-corrected chi connectivity index (χ1v) is 11.3. The number of amides is 2. The molecule has 1 aliphatic heterocycles. The number of piperidine rings is 1. The van der Waals surface area contributed by atoms with Gasteiger partial charge in [0.05, 0.1) is 5.92 Å². The zero-order valence-corrected chi connectivity index (χ0v) is 19.0. The predicted molar refractivity (Wildman–Crippen MR) is 127 cm³/mol. The number of carbonyl (C=O) groups is 2. The van der Waals surface area contributed by atoms with Crippen LogP contribution in [0.1, 0.15) is 49.1 Å². The van der Waals surface area contributed by atoms with E-state index in [9.17, 15) is 9.59 Å². The fourth-order valence-electron chi connectivity index (χ4n) is 3.83. The van der Waals surface area contributed by atoms with Crippen molar-refractivity contribution >= 4 is 23.6 Å². The van der Waals surface area contributed by atoms with E-state index < -0.39 is 0 Å². The van der Waals surface area contributed by atoms with E-state index in [1.807, 2.05) is 66.4 Å². The summed E-state index contributed by atoms with van der Waals surface area (Å²) in [5.41, 5.74) is 3.65. The van der Waals surface area contributed by atoms with Crippen molar-refractivity contribution in [1.29, 1.82) is 0 Å². The molecule has 1 atom stereocenters. The van der Waals surface area contributed by atoms with Crippen LogP contribution in [0.15, 0.2) is 59.1 Å². The maximum Gasteiger partial charge on any atom is 0.246 e. The van der Waals surface area contributed by atoms with Crippen molar-refractivity contribution in [2.45, 2.75) is 39.0 Å². The summed E-state index contributed by atoms with van der Waals surface area (Å²) in [5.74, 6) is 0.941. The molecule has 1 N–H and O–H groups in total. The van der Waals surface area contributed by atoms with E-state index in [1.165, 1.54) is 5.56 Å². The Morgan fingerprint density at radius 3 is 2.82 bits per heavy atom. The van der Waals surface area contributed by atoms with E-state index in [0.717, 1.165) is 24.0 Å². The Hall–Kier alpha value is -3.74. The lowest BCUT2D eigenvalue weighted by Gasteiger charge is -2.30. The van der Waals surface area contributed by atoms with Gasteiger partial charge in [-0.25, -0.2) is 0 Å². The summed E-state index contributed by atoms with van der Waals surface area (Å²) in [7, 11) is 0. The van der Waals surface area contributed by atoms with Crippen LogP contribution in [0.2, 0.25) is 0 Å². The molecule has 2 heterocycles. The standard InChI is InChI=1S/C26H28N4O3/c1-3-23(31)27-22-8-4-6-20(16-22)25-28-26(33-29-25)21-7-5-15-30(17-21)24(32)14-13-19-11-9-18(2)10-12-19/h4,6,8-14,16,21H,3,5,7,15,17H2,1-2H3,(H,27,31)/b14-13+. The topological polar surface area (TPSA) is 88.3 Å². The van der Waals surface area contributed by atoms with Crippen LogP contribution < -0.4 is 5.32 Å². The zero-order valence-electron chi connectivity index (χ0n) is 19.0. The average molecular weight is 445 g/mol. The molecule has 7 heteroatoms. The average Bonchev–Trinajstić information content (AvgIpc) is 3.34. The molecule has 170 valence electrons. The van der Waals surface area contributed by atoms with Crippen LogP contribution in [-0.4, -0.2) is 39.9 Å². The van der Waals surface area contributed by atoms with E-state index in [2.05, 4.69) is 15.5 Å². The van der Waals surface area contributed by atoms with Crippen LogP contribution in [-0.2, 0) is 9.59 Å². The van der Waals surface area contributed by atoms with Gasteiger partial charge in [-0.15, -0.1) is 0 Å². The first kappa shape index (κ1) is 22.5. The smallest absolute Gasteiger partial charge is 0.246 e. The van der Waals surface area contributed by atoms with Crippen molar-refractivity contribution in [3.63, 3.8) is 0 Å². The largest absolute Gasteiger partial charge is 0.339 e. The van der Waals surface area contributed by atoms with Crippen LogP contribution in [0.3, 0.4) is 0 Å². The quantitative estimate of drug-likeness (QED) is 0.551. The van der Waals surface area contributed by atoms with Gasteiger partial charge in [0.1, 0.15) is 0 Å². The van der Waals surface area contributed by atoms with Crippen LogP contribution in [0.4, 0.5) is 5.69 Å². The summed E-state index contributed by atoms with van der Waals surface area (Å²) >= 11 is 0. The maximum atomic E-state index is 12.7. The Balaban J connectivity index is 1.42. The molecule has 1 unspecified atom stereocenters. The summed E-state index contributed by atoms with van der Waals surface area (Å²) in [6, 6.07) is 15.4. The monoisotopic (exact) mass is 444 g/mol.